The van der Waals surface area contributed by atoms with Crippen LogP contribution in [0.3, 0.4) is 0 Å². The maximum Gasteiger partial charge on any atom is 0.233 e. The maximum atomic E-state index is 13.2. The third-order valence-corrected chi connectivity index (χ3v) is 5.66. The summed E-state index contributed by atoms with van der Waals surface area (Å²) in [5.74, 6) is 0.978. The van der Waals surface area contributed by atoms with Gasteiger partial charge in [-0.3, -0.25) is 9.69 Å². The Morgan fingerprint density at radius 3 is 2.75 bits per heavy atom. The number of rotatable bonds is 4. The van der Waals surface area contributed by atoms with Crippen molar-refractivity contribution in [2.24, 2.45) is 0 Å². The van der Waals surface area contributed by atoms with Gasteiger partial charge in [0.2, 0.25) is 5.91 Å². The lowest BCUT2D eigenvalue weighted by Gasteiger charge is -2.40. The monoisotopic (exact) mass is 325 g/mol. The van der Waals surface area contributed by atoms with Crippen LogP contribution >= 0.6 is 0 Å². The Kier molecular flexibility index (Phi) is 3.73. The molecule has 0 N–H and O–H groups in total. The second-order valence-corrected chi connectivity index (χ2v) is 7.18. The SMILES string of the molecule is COc1cccc(C2(C(=O)N3CCN(C4CC4)C(C#N)C3)CC2)c1. The average molecular weight is 325 g/mol. The predicted octanol–water partition coefficient (Wildman–Crippen LogP) is 1.93. The van der Waals surface area contributed by atoms with Crippen molar-refractivity contribution in [3.63, 3.8) is 0 Å². The molecule has 3 aliphatic rings. The number of ether oxygens (including phenoxy) is 1. The maximum absolute atomic E-state index is 13.2. The van der Waals surface area contributed by atoms with Crippen molar-refractivity contribution in [2.75, 3.05) is 26.7 Å². The fraction of sp³-hybridized carbons (Fsp3) is 0.579. The van der Waals surface area contributed by atoms with E-state index in [0.29, 0.717) is 12.6 Å². The molecule has 1 aromatic rings. The summed E-state index contributed by atoms with van der Waals surface area (Å²) >= 11 is 0. The zero-order valence-corrected chi connectivity index (χ0v) is 14.1. The predicted molar refractivity (Wildman–Crippen MR) is 89.6 cm³/mol. The van der Waals surface area contributed by atoms with Crippen LogP contribution in [0.25, 0.3) is 0 Å². The molecule has 2 saturated carbocycles. The third kappa shape index (κ3) is 2.55. The minimum absolute atomic E-state index is 0.156. The van der Waals surface area contributed by atoms with E-state index in [0.717, 1.165) is 37.2 Å². The lowest BCUT2D eigenvalue weighted by Crippen LogP contribution is -2.56. The first-order chi connectivity index (χ1) is 11.7. The van der Waals surface area contributed by atoms with Gasteiger partial charge in [0.1, 0.15) is 11.8 Å². The number of methoxy groups -OCH3 is 1. The summed E-state index contributed by atoms with van der Waals surface area (Å²) in [6.07, 6.45) is 4.16. The number of carbonyl (C=O) groups is 1. The largest absolute Gasteiger partial charge is 0.497 e. The molecule has 0 bridgehead atoms. The summed E-state index contributed by atoms with van der Waals surface area (Å²) in [5.41, 5.74) is 0.654. The first kappa shape index (κ1) is 15.5. The van der Waals surface area contributed by atoms with Crippen molar-refractivity contribution in [1.29, 1.82) is 5.26 Å². The van der Waals surface area contributed by atoms with Crippen LogP contribution in [-0.4, -0.2) is 54.5 Å². The van der Waals surface area contributed by atoms with Crippen molar-refractivity contribution in [3.8, 4) is 11.8 Å². The molecular weight excluding hydrogens is 302 g/mol. The van der Waals surface area contributed by atoms with E-state index in [1.54, 1.807) is 7.11 Å². The van der Waals surface area contributed by atoms with Crippen molar-refractivity contribution >= 4 is 5.91 Å². The van der Waals surface area contributed by atoms with Crippen LogP contribution in [0, 0.1) is 11.3 Å². The van der Waals surface area contributed by atoms with Crippen molar-refractivity contribution in [1.82, 2.24) is 9.80 Å². The molecule has 2 aliphatic carbocycles. The third-order valence-electron chi connectivity index (χ3n) is 5.66. The van der Waals surface area contributed by atoms with Crippen LogP contribution in [0.15, 0.2) is 24.3 Å². The topological polar surface area (TPSA) is 56.6 Å². The van der Waals surface area contributed by atoms with Gasteiger partial charge in [-0.05, 0) is 43.4 Å². The normalized spacial score (nSPS) is 25.8. The van der Waals surface area contributed by atoms with Crippen molar-refractivity contribution in [3.05, 3.63) is 29.8 Å². The quantitative estimate of drug-likeness (QED) is 0.849. The molecule has 1 saturated heterocycles. The highest BCUT2D eigenvalue weighted by Crippen LogP contribution is 2.50. The van der Waals surface area contributed by atoms with Gasteiger partial charge in [0, 0.05) is 25.7 Å². The Morgan fingerprint density at radius 1 is 1.33 bits per heavy atom. The number of benzene rings is 1. The Balaban J connectivity index is 1.52. The van der Waals surface area contributed by atoms with Crippen LogP contribution in [0.1, 0.15) is 31.2 Å². The standard InChI is InChI=1S/C19H23N3O2/c1-24-17-4-2-3-14(11-17)19(7-8-19)18(23)21-9-10-22(15-5-6-15)16(12-20)13-21/h2-4,11,15-16H,5-10,13H2,1H3. The number of nitrogens with zero attached hydrogens (tertiary/aromatic N) is 3. The highest BCUT2D eigenvalue weighted by atomic mass is 16.5. The molecule has 5 heteroatoms. The molecule has 1 aromatic carbocycles. The fourth-order valence-corrected chi connectivity index (χ4v) is 3.91. The number of carbonyl (C=O) groups excluding carboxylic acids is 1. The minimum atomic E-state index is -0.393. The van der Waals surface area contributed by atoms with Gasteiger partial charge in [-0.2, -0.15) is 5.26 Å². The molecular formula is C19H23N3O2. The summed E-state index contributed by atoms with van der Waals surface area (Å²) in [7, 11) is 1.65. The van der Waals surface area contributed by atoms with Gasteiger partial charge in [0.05, 0.1) is 18.6 Å². The van der Waals surface area contributed by atoms with Gasteiger partial charge in [-0.25, -0.2) is 0 Å². The molecule has 5 nitrogen and oxygen atoms in total. The fourth-order valence-electron chi connectivity index (χ4n) is 3.91. The molecule has 4 rings (SSSR count). The zero-order chi connectivity index (χ0) is 16.7. The summed E-state index contributed by atoms with van der Waals surface area (Å²) in [6.45, 7) is 2.10. The average Bonchev–Trinajstić information content (AvgIpc) is 3.54. The van der Waals surface area contributed by atoms with E-state index in [1.807, 2.05) is 29.2 Å². The summed E-state index contributed by atoms with van der Waals surface area (Å²) in [4.78, 5) is 17.4. The van der Waals surface area contributed by atoms with Gasteiger partial charge in [0.25, 0.3) is 0 Å². The highest BCUT2D eigenvalue weighted by Gasteiger charge is 2.54. The Morgan fingerprint density at radius 2 is 2.12 bits per heavy atom. The van der Waals surface area contributed by atoms with Crippen LogP contribution in [0.5, 0.6) is 5.75 Å². The lowest BCUT2D eigenvalue weighted by atomic mass is 9.93. The minimum Gasteiger partial charge on any atom is -0.497 e. The van der Waals surface area contributed by atoms with Gasteiger partial charge in [-0.15, -0.1) is 0 Å². The molecule has 126 valence electrons. The first-order valence-corrected chi connectivity index (χ1v) is 8.77. The van der Waals surface area contributed by atoms with Crippen molar-refractivity contribution < 1.29 is 9.53 Å². The number of piperazine rings is 1. The highest BCUT2D eigenvalue weighted by molar-refractivity contribution is 5.91. The van der Waals surface area contributed by atoms with E-state index in [2.05, 4.69) is 11.0 Å². The second-order valence-electron chi connectivity index (χ2n) is 7.18. The Hall–Kier alpha value is -2.06. The van der Waals surface area contributed by atoms with E-state index in [1.165, 1.54) is 12.8 Å². The van der Waals surface area contributed by atoms with Crippen molar-refractivity contribution in [2.45, 2.75) is 43.2 Å². The molecule has 1 amide bonds. The van der Waals surface area contributed by atoms with Gasteiger partial charge >= 0.3 is 0 Å². The molecule has 3 fully saturated rings. The van der Waals surface area contributed by atoms with E-state index in [4.69, 9.17) is 4.74 Å². The molecule has 1 unspecified atom stereocenters. The van der Waals surface area contributed by atoms with Gasteiger partial charge in [-0.1, -0.05) is 12.1 Å². The van der Waals surface area contributed by atoms with E-state index in [9.17, 15) is 10.1 Å². The zero-order valence-electron chi connectivity index (χ0n) is 14.1. The number of hydrogen-bond donors (Lipinski definition) is 0. The molecule has 0 spiro atoms. The molecule has 1 heterocycles. The van der Waals surface area contributed by atoms with Crippen LogP contribution < -0.4 is 4.74 Å². The smallest absolute Gasteiger partial charge is 0.233 e. The van der Waals surface area contributed by atoms with E-state index >= 15 is 0 Å². The summed E-state index contributed by atoms with van der Waals surface area (Å²) < 4.78 is 5.31. The molecule has 0 aromatic heterocycles. The number of hydrogen-bond acceptors (Lipinski definition) is 4. The number of amides is 1. The summed E-state index contributed by atoms with van der Waals surface area (Å²) in [6, 6.07) is 10.7. The van der Waals surface area contributed by atoms with Crippen LogP contribution in [-0.2, 0) is 10.2 Å². The summed E-state index contributed by atoms with van der Waals surface area (Å²) in [5, 5.41) is 9.50. The van der Waals surface area contributed by atoms with E-state index < -0.39 is 5.41 Å². The molecule has 24 heavy (non-hydrogen) atoms. The van der Waals surface area contributed by atoms with Gasteiger partial charge < -0.3 is 9.64 Å². The van der Waals surface area contributed by atoms with Crippen LogP contribution in [0.2, 0.25) is 0 Å². The molecule has 1 aliphatic heterocycles. The Bertz CT molecular complexity index is 688. The second kappa shape index (κ2) is 5.78. The lowest BCUT2D eigenvalue weighted by molar-refractivity contribution is -0.136. The van der Waals surface area contributed by atoms with E-state index in [-0.39, 0.29) is 11.9 Å². The number of nitriles is 1. The van der Waals surface area contributed by atoms with Gasteiger partial charge in [0.15, 0.2) is 0 Å². The Labute approximate surface area is 142 Å². The first-order valence-electron chi connectivity index (χ1n) is 8.77. The molecule has 0 radical (unpaired) electrons. The molecule has 1 atom stereocenters. The van der Waals surface area contributed by atoms with Crippen LogP contribution in [0.4, 0.5) is 0 Å².